The van der Waals surface area contributed by atoms with E-state index < -0.39 is 0 Å². The summed E-state index contributed by atoms with van der Waals surface area (Å²) in [4.78, 5) is 22.0. The van der Waals surface area contributed by atoms with Gasteiger partial charge in [0.25, 0.3) is 0 Å². The van der Waals surface area contributed by atoms with Crippen LogP contribution in [0.2, 0.25) is 0 Å². The van der Waals surface area contributed by atoms with Crippen LogP contribution in [0.3, 0.4) is 0 Å². The zero-order valence-corrected chi connectivity index (χ0v) is 14.6. The standard InChI is InChI=1S/C20H20N4O2/c1-26-12-6-11-21-18(25)13-24-17-10-5-2-7-14(17)19-20(24)23-16-9-4-3-8-15(16)22-19/h2-5,7-10H,6,11-13H2,1H3,(H,21,25). The van der Waals surface area contributed by atoms with Crippen molar-refractivity contribution < 1.29 is 9.53 Å². The molecule has 2 aromatic heterocycles. The Balaban J connectivity index is 1.76. The molecule has 0 fully saturated rings. The van der Waals surface area contributed by atoms with E-state index in [9.17, 15) is 4.79 Å². The fourth-order valence-electron chi connectivity index (χ4n) is 3.19. The summed E-state index contributed by atoms with van der Waals surface area (Å²) in [5.74, 6) is -0.0429. The van der Waals surface area contributed by atoms with Gasteiger partial charge in [0.1, 0.15) is 12.1 Å². The van der Waals surface area contributed by atoms with E-state index >= 15 is 0 Å². The summed E-state index contributed by atoms with van der Waals surface area (Å²) in [5, 5.41) is 3.94. The van der Waals surface area contributed by atoms with Crippen LogP contribution in [-0.2, 0) is 16.1 Å². The van der Waals surface area contributed by atoms with Crippen LogP contribution in [0.4, 0.5) is 0 Å². The average Bonchev–Trinajstić information content (AvgIpc) is 2.97. The molecular weight excluding hydrogens is 328 g/mol. The van der Waals surface area contributed by atoms with Crippen molar-refractivity contribution in [2.45, 2.75) is 13.0 Å². The lowest BCUT2D eigenvalue weighted by Crippen LogP contribution is -2.29. The molecule has 0 radical (unpaired) electrons. The van der Waals surface area contributed by atoms with Crippen molar-refractivity contribution in [1.29, 1.82) is 0 Å². The largest absolute Gasteiger partial charge is 0.385 e. The molecular formula is C20H20N4O2. The number of para-hydroxylation sites is 3. The molecule has 0 atom stereocenters. The highest BCUT2D eigenvalue weighted by atomic mass is 16.5. The maximum atomic E-state index is 12.4. The van der Waals surface area contributed by atoms with Crippen LogP contribution < -0.4 is 5.32 Å². The van der Waals surface area contributed by atoms with Gasteiger partial charge in [0.05, 0.1) is 16.6 Å². The maximum absolute atomic E-state index is 12.4. The molecule has 0 unspecified atom stereocenters. The Morgan fingerprint density at radius 3 is 2.62 bits per heavy atom. The fourth-order valence-corrected chi connectivity index (χ4v) is 3.19. The van der Waals surface area contributed by atoms with Crippen LogP contribution in [-0.4, -0.2) is 40.7 Å². The van der Waals surface area contributed by atoms with Crippen molar-refractivity contribution in [2.75, 3.05) is 20.3 Å². The van der Waals surface area contributed by atoms with Gasteiger partial charge in [-0.1, -0.05) is 30.3 Å². The quantitative estimate of drug-likeness (QED) is 0.544. The minimum absolute atomic E-state index is 0.0429. The third-order valence-corrected chi connectivity index (χ3v) is 4.41. The highest BCUT2D eigenvalue weighted by molar-refractivity contribution is 6.07. The lowest BCUT2D eigenvalue weighted by molar-refractivity contribution is -0.121. The number of aromatic nitrogens is 3. The predicted octanol–water partition coefficient (Wildman–Crippen LogP) is 2.89. The Bertz CT molecular complexity index is 1090. The summed E-state index contributed by atoms with van der Waals surface area (Å²) in [7, 11) is 1.66. The van der Waals surface area contributed by atoms with Crippen LogP contribution in [0.15, 0.2) is 48.5 Å². The molecule has 0 saturated carbocycles. The van der Waals surface area contributed by atoms with Gasteiger partial charge in [0, 0.05) is 25.6 Å². The topological polar surface area (TPSA) is 69.0 Å². The molecule has 0 bridgehead atoms. The summed E-state index contributed by atoms with van der Waals surface area (Å²) in [6, 6.07) is 15.8. The van der Waals surface area contributed by atoms with Gasteiger partial charge >= 0.3 is 0 Å². The number of ether oxygens (including phenoxy) is 1. The van der Waals surface area contributed by atoms with E-state index in [1.165, 1.54) is 0 Å². The summed E-state index contributed by atoms with van der Waals surface area (Å²) in [5.41, 5.74) is 4.20. The number of amides is 1. The number of carbonyl (C=O) groups is 1. The SMILES string of the molecule is COCCCNC(=O)Cn1c2ccccc2c2nc3ccccc3nc21. The summed E-state index contributed by atoms with van der Waals surface area (Å²) < 4.78 is 6.95. The Labute approximate surface area is 150 Å². The van der Waals surface area contributed by atoms with Crippen molar-refractivity contribution in [3.63, 3.8) is 0 Å². The number of fused-ring (bicyclic) bond motifs is 4. The van der Waals surface area contributed by atoms with Crippen LogP contribution in [0.25, 0.3) is 33.1 Å². The fraction of sp³-hybridized carbons (Fsp3) is 0.250. The number of nitrogens with one attached hydrogen (secondary N) is 1. The van der Waals surface area contributed by atoms with E-state index in [2.05, 4.69) is 5.32 Å². The van der Waals surface area contributed by atoms with Crippen LogP contribution in [0.1, 0.15) is 6.42 Å². The van der Waals surface area contributed by atoms with Gasteiger partial charge in [-0.2, -0.15) is 0 Å². The van der Waals surface area contributed by atoms with E-state index in [1.807, 2.05) is 53.1 Å². The first-order valence-electron chi connectivity index (χ1n) is 8.67. The summed E-state index contributed by atoms with van der Waals surface area (Å²) in [6.45, 7) is 1.44. The van der Waals surface area contributed by atoms with Crippen molar-refractivity contribution in [3.05, 3.63) is 48.5 Å². The first-order valence-corrected chi connectivity index (χ1v) is 8.67. The first-order chi connectivity index (χ1) is 12.8. The zero-order valence-electron chi connectivity index (χ0n) is 14.6. The van der Waals surface area contributed by atoms with Gasteiger partial charge in [0.15, 0.2) is 5.65 Å². The smallest absolute Gasteiger partial charge is 0.240 e. The second-order valence-electron chi connectivity index (χ2n) is 6.18. The van der Waals surface area contributed by atoms with Crippen molar-refractivity contribution >= 4 is 39.0 Å². The molecule has 6 nitrogen and oxygen atoms in total. The van der Waals surface area contributed by atoms with Crippen LogP contribution in [0.5, 0.6) is 0 Å². The Hall–Kier alpha value is -2.99. The molecule has 0 saturated heterocycles. The number of hydrogen-bond donors (Lipinski definition) is 1. The minimum Gasteiger partial charge on any atom is -0.385 e. The number of benzene rings is 2. The Morgan fingerprint density at radius 2 is 1.81 bits per heavy atom. The molecule has 0 spiro atoms. The number of rotatable bonds is 6. The molecule has 0 aliphatic carbocycles. The van der Waals surface area contributed by atoms with Gasteiger partial charge in [0.2, 0.25) is 5.91 Å². The Morgan fingerprint density at radius 1 is 1.08 bits per heavy atom. The lowest BCUT2D eigenvalue weighted by Gasteiger charge is -2.08. The number of carbonyl (C=O) groups excluding carboxylic acids is 1. The van der Waals surface area contributed by atoms with Crippen molar-refractivity contribution in [2.24, 2.45) is 0 Å². The predicted molar refractivity (Wildman–Crippen MR) is 102 cm³/mol. The van der Waals surface area contributed by atoms with Crippen molar-refractivity contribution in [3.8, 4) is 0 Å². The van der Waals surface area contributed by atoms with Crippen LogP contribution >= 0.6 is 0 Å². The monoisotopic (exact) mass is 348 g/mol. The molecule has 1 amide bonds. The van der Waals surface area contributed by atoms with Gasteiger partial charge < -0.3 is 14.6 Å². The molecule has 4 rings (SSSR count). The van der Waals surface area contributed by atoms with E-state index in [-0.39, 0.29) is 12.5 Å². The molecule has 4 aromatic rings. The van der Waals surface area contributed by atoms with Gasteiger partial charge in [-0.3, -0.25) is 4.79 Å². The van der Waals surface area contributed by atoms with Crippen LogP contribution in [0, 0.1) is 0 Å². The maximum Gasteiger partial charge on any atom is 0.240 e. The summed E-state index contributed by atoms with van der Waals surface area (Å²) >= 11 is 0. The van der Waals surface area contributed by atoms with E-state index in [4.69, 9.17) is 14.7 Å². The molecule has 0 aliphatic rings. The number of nitrogens with zero attached hydrogens (tertiary/aromatic N) is 3. The van der Waals surface area contributed by atoms with Gasteiger partial charge in [-0.25, -0.2) is 9.97 Å². The normalized spacial score (nSPS) is 11.4. The highest BCUT2D eigenvalue weighted by Crippen LogP contribution is 2.27. The van der Waals surface area contributed by atoms with Gasteiger partial charge in [-0.05, 0) is 24.6 Å². The molecule has 1 N–H and O–H groups in total. The average molecular weight is 348 g/mol. The summed E-state index contributed by atoms with van der Waals surface area (Å²) in [6.07, 6.45) is 0.792. The molecule has 132 valence electrons. The molecule has 26 heavy (non-hydrogen) atoms. The van der Waals surface area contributed by atoms with Crippen molar-refractivity contribution in [1.82, 2.24) is 19.9 Å². The lowest BCUT2D eigenvalue weighted by atomic mass is 10.2. The molecule has 6 heteroatoms. The Kier molecular flexibility index (Phi) is 4.50. The first kappa shape index (κ1) is 16.5. The molecule has 0 aliphatic heterocycles. The van der Waals surface area contributed by atoms with E-state index in [0.717, 1.165) is 39.5 Å². The highest BCUT2D eigenvalue weighted by Gasteiger charge is 2.16. The molecule has 2 aromatic carbocycles. The number of hydrogen-bond acceptors (Lipinski definition) is 4. The third-order valence-electron chi connectivity index (χ3n) is 4.41. The third kappa shape index (κ3) is 2.99. The minimum atomic E-state index is -0.0429. The molecule has 2 heterocycles. The zero-order chi connectivity index (χ0) is 17.9. The van der Waals surface area contributed by atoms with E-state index in [0.29, 0.717) is 13.2 Å². The second-order valence-corrected chi connectivity index (χ2v) is 6.18. The van der Waals surface area contributed by atoms with E-state index in [1.54, 1.807) is 7.11 Å². The van der Waals surface area contributed by atoms with Gasteiger partial charge in [-0.15, -0.1) is 0 Å². The second kappa shape index (κ2) is 7.09. The number of methoxy groups -OCH3 is 1.